The third-order valence-electron chi connectivity index (χ3n) is 6.87. The molecule has 4 nitrogen and oxygen atoms in total. The zero-order valence-corrected chi connectivity index (χ0v) is 15.9. The fourth-order valence-corrected chi connectivity index (χ4v) is 4.88. The van der Waals surface area contributed by atoms with Gasteiger partial charge >= 0.3 is 0 Å². The molecule has 2 saturated carbocycles. The molecule has 1 aromatic heterocycles. The first kappa shape index (κ1) is 17.0. The van der Waals surface area contributed by atoms with Gasteiger partial charge in [-0.2, -0.15) is 0 Å². The van der Waals surface area contributed by atoms with Crippen LogP contribution in [-0.2, 0) is 0 Å². The molecule has 1 aromatic carbocycles. The van der Waals surface area contributed by atoms with Crippen molar-refractivity contribution >= 4 is 16.6 Å². The van der Waals surface area contributed by atoms with Crippen LogP contribution in [0.4, 0.5) is 14.5 Å². The fourth-order valence-electron chi connectivity index (χ4n) is 4.88. The maximum atomic E-state index is 15.2. The highest BCUT2D eigenvalue weighted by atomic mass is 19.1. The number of anilines is 1. The van der Waals surface area contributed by atoms with Crippen molar-refractivity contribution in [3.63, 3.8) is 0 Å². The van der Waals surface area contributed by atoms with Gasteiger partial charge in [-0.25, -0.2) is 8.78 Å². The number of benzene rings is 1. The highest BCUT2D eigenvalue weighted by molar-refractivity contribution is 5.92. The van der Waals surface area contributed by atoms with Crippen LogP contribution in [0.2, 0.25) is 0 Å². The van der Waals surface area contributed by atoms with E-state index in [9.17, 15) is 9.18 Å². The first-order valence-electron chi connectivity index (χ1n) is 9.67. The summed E-state index contributed by atoms with van der Waals surface area (Å²) >= 11 is 0. The molecule has 1 spiro atoms. The van der Waals surface area contributed by atoms with Crippen LogP contribution in [-0.4, -0.2) is 30.9 Å². The van der Waals surface area contributed by atoms with Crippen LogP contribution in [0, 0.1) is 24.1 Å². The van der Waals surface area contributed by atoms with E-state index < -0.39 is 12.0 Å². The van der Waals surface area contributed by atoms with Gasteiger partial charge in [0.05, 0.1) is 24.1 Å². The van der Waals surface area contributed by atoms with E-state index >= 15 is 4.39 Å². The molecule has 0 amide bonds. The van der Waals surface area contributed by atoms with E-state index in [-0.39, 0.29) is 16.9 Å². The molecule has 2 aromatic rings. The molecule has 5 rings (SSSR count). The number of alkyl halides is 1. The number of aryl methyl sites for hydroxylation is 1. The van der Waals surface area contributed by atoms with Crippen molar-refractivity contribution < 1.29 is 13.5 Å². The first-order valence-corrected chi connectivity index (χ1v) is 9.67. The molecule has 3 fully saturated rings. The van der Waals surface area contributed by atoms with Crippen molar-refractivity contribution in [2.75, 3.05) is 25.1 Å². The third-order valence-corrected chi connectivity index (χ3v) is 6.87. The van der Waals surface area contributed by atoms with E-state index in [0.29, 0.717) is 40.3 Å². The number of aromatic nitrogens is 1. The summed E-state index contributed by atoms with van der Waals surface area (Å²) in [6.45, 7) is 5.48. The van der Waals surface area contributed by atoms with E-state index in [2.05, 4.69) is 11.8 Å². The van der Waals surface area contributed by atoms with Crippen LogP contribution in [0.3, 0.4) is 0 Å². The van der Waals surface area contributed by atoms with Gasteiger partial charge < -0.3 is 14.2 Å². The smallest absolute Gasteiger partial charge is 0.192 e. The number of halogens is 2. The van der Waals surface area contributed by atoms with Gasteiger partial charge in [-0.3, -0.25) is 4.79 Å². The summed E-state index contributed by atoms with van der Waals surface area (Å²) < 4.78 is 36.5. The SMILES string of the molecule is COc1c(N2C[C@@H](C)C3(CC3)C2)c(F)cc2c(=O)c(C)cn([C@@H]3C[C@@H]3F)c12. The predicted octanol–water partition coefficient (Wildman–Crippen LogP) is 3.98. The molecule has 2 heterocycles. The highest BCUT2D eigenvalue weighted by Crippen LogP contribution is 2.58. The Kier molecular flexibility index (Phi) is 3.44. The molecule has 3 atom stereocenters. The summed E-state index contributed by atoms with van der Waals surface area (Å²) in [6.07, 6.45) is 3.52. The topological polar surface area (TPSA) is 34.5 Å². The first-order chi connectivity index (χ1) is 12.9. The number of hydrogen-bond donors (Lipinski definition) is 0. The van der Waals surface area contributed by atoms with Crippen LogP contribution in [0.1, 0.15) is 37.8 Å². The normalized spacial score (nSPS) is 28.2. The Morgan fingerprint density at radius 3 is 2.59 bits per heavy atom. The van der Waals surface area contributed by atoms with Crippen molar-refractivity contribution in [1.29, 1.82) is 0 Å². The van der Waals surface area contributed by atoms with E-state index in [1.54, 1.807) is 17.7 Å². The van der Waals surface area contributed by atoms with Gasteiger partial charge in [-0.05, 0) is 37.2 Å². The summed E-state index contributed by atoms with van der Waals surface area (Å²) in [5, 5.41) is 0.264. The number of methoxy groups -OCH3 is 1. The molecule has 0 N–H and O–H groups in total. The zero-order chi connectivity index (χ0) is 19.1. The molecule has 0 radical (unpaired) electrons. The molecule has 1 saturated heterocycles. The second-order valence-electron chi connectivity index (χ2n) is 8.65. The number of rotatable bonds is 3. The van der Waals surface area contributed by atoms with Crippen LogP contribution in [0.25, 0.3) is 10.9 Å². The molecule has 0 bridgehead atoms. The van der Waals surface area contributed by atoms with E-state index in [4.69, 9.17) is 4.74 Å². The molecular weight excluding hydrogens is 350 g/mol. The Hall–Kier alpha value is -2.11. The number of fused-ring (bicyclic) bond motifs is 1. The molecule has 144 valence electrons. The number of hydrogen-bond acceptors (Lipinski definition) is 3. The number of nitrogens with zero attached hydrogens (tertiary/aromatic N) is 2. The predicted molar refractivity (Wildman–Crippen MR) is 101 cm³/mol. The lowest BCUT2D eigenvalue weighted by atomic mass is 9.95. The summed E-state index contributed by atoms with van der Waals surface area (Å²) in [5.41, 5.74) is 1.48. The van der Waals surface area contributed by atoms with Gasteiger partial charge in [0.1, 0.15) is 11.9 Å². The zero-order valence-electron chi connectivity index (χ0n) is 15.9. The quantitative estimate of drug-likeness (QED) is 0.815. The maximum Gasteiger partial charge on any atom is 0.192 e. The minimum Gasteiger partial charge on any atom is -0.492 e. The molecule has 0 unspecified atom stereocenters. The Morgan fingerprint density at radius 2 is 2.04 bits per heavy atom. The maximum absolute atomic E-state index is 15.2. The summed E-state index contributed by atoms with van der Waals surface area (Å²) in [6, 6.07) is 1.00. The molecular formula is C21H24F2N2O2. The van der Waals surface area contributed by atoms with E-state index in [1.165, 1.54) is 26.0 Å². The molecule has 2 aliphatic carbocycles. The molecule has 1 aliphatic heterocycles. The van der Waals surface area contributed by atoms with Gasteiger partial charge in [0.25, 0.3) is 0 Å². The molecule has 6 heteroatoms. The van der Waals surface area contributed by atoms with Crippen LogP contribution < -0.4 is 15.1 Å². The van der Waals surface area contributed by atoms with Crippen LogP contribution in [0.5, 0.6) is 5.75 Å². The Bertz CT molecular complexity index is 1010. The Balaban J connectivity index is 1.76. The van der Waals surface area contributed by atoms with Gasteiger partial charge in [-0.15, -0.1) is 0 Å². The minimum absolute atomic E-state index is 0.227. The fraction of sp³-hybridized carbons (Fsp3) is 0.571. The van der Waals surface area contributed by atoms with Crippen LogP contribution >= 0.6 is 0 Å². The van der Waals surface area contributed by atoms with Crippen LogP contribution in [0.15, 0.2) is 17.1 Å². The van der Waals surface area contributed by atoms with Crippen molar-refractivity contribution in [3.8, 4) is 5.75 Å². The second-order valence-corrected chi connectivity index (χ2v) is 8.65. The van der Waals surface area contributed by atoms with Gasteiger partial charge in [0.2, 0.25) is 0 Å². The number of ether oxygens (including phenoxy) is 1. The Morgan fingerprint density at radius 1 is 1.33 bits per heavy atom. The minimum atomic E-state index is -0.935. The molecule has 3 aliphatic rings. The summed E-state index contributed by atoms with van der Waals surface area (Å²) in [5.74, 6) is 0.411. The molecule has 27 heavy (non-hydrogen) atoms. The van der Waals surface area contributed by atoms with Gasteiger partial charge in [0.15, 0.2) is 17.0 Å². The summed E-state index contributed by atoms with van der Waals surface area (Å²) in [7, 11) is 1.50. The highest BCUT2D eigenvalue weighted by Gasteiger charge is 2.53. The Labute approximate surface area is 156 Å². The van der Waals surface area contributed by atoms with E-state index in [1.807, 2.05) is 0 Å². The third kappa shape index (κ3) is 2.34. The van der Waals surface area contributed by atoms with Crippen molar-refractivity contribution in [2.45, 2.75) is 45.3 Å². The summed E-state index contributed by atoms with van der Waals surface area (Å²) in [4.78, 5) is 14.7. The largest absolute Gasteiger partial charge is 0.492 e. The number of pyridine rings is 1. The standard InChI is InChI=1S/C21H24F2N2O2/c1-11-8-25(16-7-14(16)22)17-13(19(11)26)6-15(23)18(20(17)27-3)24-9-12(2)21(10-24)4-5-21/h6,8,12,14,16H,4-5,7,9-10H2,1-3H3/t12-,14+,16-/m1/s1. The van der Waals surface area contributed by atoms with E-state index in [0.717, 1.165) is 13.1 Å². The lowest BCUT2D eigenvalue weighted by Gasteiger charge is -2.25. The monoisotopic (exact) mass is 374 g/mol. The lowest BCUT2D eigenvalue weighted by Crippen LogP contribution is -2.23. The average molecular weight is 374 g/mol. The van der Waals surface area contributed by atoms with Gasteiger partial charge in [-0.1, -0.05) is 6.92 Å². The van der Waals surface area contributed by atoms with Gasteiger partial charge in [0, 0.05) is 31.3 Å². The van der Waals surface area contributed by atoms with Crippen molar-refractivity contribution in [1.82, 2.24) is 4.57 Å². The lowest BCUT2D eigenvalue weighted by molar-refractivity contribution is 0.410. The average Bonchev–Trinajstić information content (AvgIpc) is 3.52. The van der Waals surface area contributed by atoms with Crippen molar-refractivity contribution in [2.24, 2.45) is 11.3 Å². The second kappa shape index (κ2) is 5.46. The van der Waals surface area contributed by atoms with Crippen molar-refractivity contribution in [3.05, 3.63) is 33.9 Å².